The van der Waals surface area contributed by atoms with Crippen molar-refractivity contribution >= 4 is 62.4 Å². The number of esters is 2. The molecule has 6 aliphatic rings. The average molecular weight is 1280 g/mol. The Morgan fingerprint density at radius 1 is 0.659 bits per heavy atom. The molecule has 4 amide bonds. The first-order valence-corrected chi connectivity index (χ1v) is 28.9. The van der Waals surface area contributed by atoms with Gasteiger partial charge in [-0.1, -0.05) is 95.7 Å². The Hall–Kier alpha value is -5.26. The molecule has 85 heavy (non-hydrogen) atoms. The first kappa shape index (κ1) is 74.0. The summed E-state index contributed by atoms with van der Waals surface area (Å²) in [6.07, 6.45) is 7.09. The Morgan fingerprint density at radius 2 is 1.02 bits per heavy atom. The first-order valence-electron chi connectivity index (χ1n) is 28.8. The van der Waals surface area contributed by atoms with E-state index in [9.17, 15) is 37.5 Å². The number of hydrogen-bond donors (Lipinski definition) is 3. The van der Waals surface area contributed by atoms with Gasteiger partial charge in [-0.2, -0.15) is 0 Å². The fourth-order valence-electron chi connectivity index (χ4n) is 10.2. The zero-order valence-electron chi connectivity index (χ0n) is 53.5. The van der Waals surface area contributed by atoms with Gasteiger partial charge in [-0.05, 0) is 144 Å². The van der Waals surface area contributed by atoms with E-state index in [0.29, 0.717) is 35.6 Å². The van der Waals surface area contributed by atoms with Crippen molar-refractivity contribution in [2.45, 2.75) is 226 Å². The van der Waals surface area contributed by atoms with E-state index in [0.717, 1.165) is 51.4 Å². The van der Waals surface area contributed by atoms with E-state index in [2.05, 4.69) is 36.9 Å². The van der Waals surface area contributed by atoms with E-state index in [4.69, 9.17) is 39.8 Å². The van der Waals surface area contributed by atoms with E-state index in [1.165, 1.54) is 9.80 Å². The standard InChI is InChI=1S/C29H41N3O7.C23H36BrN3O6.C6H6O.2CH3F.CH4.Na.H/c1-27(2,3)23(30-26(35)37-20-14-10-11-15-20)24(33)32-18-29(16-21(32)25(34)38-28(4,5)6)17-22(31-39-29)36-19-12-8-7-9-13-19;1-21(2,3)17(25-20(30)31-14-9-7-8-10-14)18(28)27-13-23(12-16(24)26-33-23)11-15(27)19(29)32-22(4,5)6;7-6-4-2-1-3-5-6;2*1-2;;;/h7-9,12-13,20-21,23H,10-11,14-18H2,1-6H3,(H,30,35);14-15,17H,7-13H2,1-6H3,(H,25,30);1-5,7H;2*1H3;1H4;;/q;;;;;;+1;-1/t21-,23+,29-;15-,17+,23-;;;;;;/m00....../s1/i;;;1D;;;;. The molecule has 4 fully saturated rings. The molecule has 2 saturated heterocycles. The zero-order chi connectivity index (χ0) is 62.8. The molecule has 8 rings (SSSR count). The van der Waals surface area contributed by atoms with E-state index in [1.54, 1.807) is 65.8 Å². The molecule has 0 aromatic heterocycles. The maximum atomic E-state index is 14.1. The van der Waals surface area contributed by atoms with Crippen molar-refractivity contribution in [3.63, 3.8) is 0 Å². The molecule has 2 aromatic rings. The Kier molecular flexibility index (Phi) is 28.9. The minimum atomic E-state index is -1.00. The molecule has 0 bridgehead atoms. The van der Waals surface area contributed by atoms with Crippen LogP contribution in [-0.2, 0) is 47.8 Å². The number of benzene rings is 2. The number of likely N-dealkylation sites (tertiary alicyclic amines) is 2. The van der Waals surface area contributed by atoms with Gasteiger partial charge in [0, 0.05) is 19.3 Å². The maximum absolute atomic E-state index is 14.1. The number of halogens is 3. The second-order valence-electron chi connectivity index (χ2n) is 25.6. The number of oxime groups is 2. The van der Waals surface area contributed by atoms with Crippen LogP contribution in [-0.4, -0.2) is 148 Å². The molecule has 474 valence electrons. The summed E-state index contributed by atoms with van der Waals surface area (Å²) in [4.78, 5) is 94.2. The summed E-state index contributed by atoms with van der Waals surface area (Å²) in [5, 5.41) is 22.3. The van der Waals surface area contributed by atoms with Gasteiger partial charge >= 0.3 is 53.7 Å². The molecule has 3 N–H and O–H groups in total. The number of nitrogens with one attached hydrogen (secondary N) is 2. The third kappa shape index (κ3) is 23.4. The van der Waals surface area contributed by atoms with Crippen LogP contribution >= 0.6 is 15.9 Å². The summed E-state index contributed by atoms with van der Waals surface area (Å²) in [6.45, 7) is 22.1. The third-order valence-corrected chi connectivity index (χ3v) is 14.4. The van der Waals surface area contributed by atoms with Crippen molar-refractivity contribution in [2.75, 3.05) is 27.4 Å². The molecule has 4 aliphatic heterocycles. The van der Waals surface area contributed by atoms with Gasteiger partial charge in [0.25, 0.3) is 0 Å². The largest absolute Gasteiger partial charge is 1.00 e. The van der Waals surface area contributed by atoms with Crippen LogP contribution in [0.5, 0.6) is 11.5 Å². The summed E-state index contributed by atoms with van der Waals surface area (Å²) in [5.74, 6) is -0.504. The van der Waals surface area contributed by atoms with E-state index >= 15 is 0 Å². The van der Waals surface area contributed by atoms with Crippen molar-refractivity contribution in [3.05, 3.63) is 60.7 Å². The number of alkyl halides is 2. The molecule has 2 aromatic carbocycles. The first-order chi connectivity index (χ1) is 39.2. The molecule has 4 heterocycles. The van der Waals surface area contributed by atoms with Gasteiger partial charge in [0.2, 0.25) is 17.7 Å². The molecule has 0 radical (unpaired) electrons. The normalized spacial score (nSPS) is 22.5. The van der Waals surface area contributed by atoms with Crippen LogP contribution in [0.25, 0.3) is 0 Å². The number of carbonyl (C=O) groups is 6. The number of hydrogen-bond acceptors (Lipinski definition) is 16. The van der Waals surface area contributed by atoms with Crippen molar-refractivity contribution in [2.24, 2.45) is 21.1 Å². The Balaban J connectivity index is 0.000000716. The second-order valence-corrected chi connectivity index (χ2v) is 26.5. The van der Waals surface area contributed by atoms with Crippen LogP contribution in [0.1, 0.15) is 170 Å². The summed E-state index contributed by atoms with van der Waals surface area (Å²) < 4.78 is 53.9. The predicted molar refractivity (Wildman–Crippen MR) is 320 cm³/mol. The molecule has 6 atom stereocenters. The number of phenolic OH excluding ortho intramolecular Hbond substituents is 1. The fourth-order valence-corrected chi connectivity index (χ4v) is 10.8. The smallest absolute Gasteiger partial charge is 1.00 e. The summed E-state index contributed by atoms with van der Waals surface area (Å²) >= 11 is 3.35. The fraction of sp³-hybridized carbons (Fsp3) is 0.672. The number of para-hydroxylation sites is 2. The predicted octanol–water partition coefficient (Wildman–Crippen LogP) is 8.76. The maximum Gasteiger partial charge on any atom is 1.00 e. The summed E-state index contributed by atoms with van der Waals surface area (Å²) in [5.41, 5.74) is -4.48. The monoisotopic (exact) mass is 1280 g/mol. The Bertz CT molecular complexity index is 2560. The van der Waals surface area contributed by atoms with E-state index in [1.807, 2.05) is 77.9 Å². The number of nitrogens with zero attached hydrogens (tertiary/aromatic N) is 4. The molecule has 0 unspecified atom stereocenters. The van der Waals surface area contributed by atoms with Gasteiger partial charge in [0.05, 0.1) is 35.2 Å². The number of aromatic hydroxyl groups is 1. The molecular weight excluding hydrogens is 1180 g/mol. The number of alkyl carbamates (subject to hydrolysis) is 2. The molecule has 2 spiro atoms. The van der Waals surface area contributed by atoms with Crippen LogP contribution in [0.15, 0.2) is 71.0 Å². The number of ether oxygens (including phenoxy) is 5. The molecule has 24 heteroatoms. The van der Waals surface area contributed by atoms with E-state index in [-0.39, 0.29) is 88.9 Å². The number of phenols is 1. The minimum absolute atomic E-state index is 0. The van der Waals surface area contributed by atoms with Crippen LogP contribution in [0.2, 0.25) is 0 Å². The van der Waals surface area contributed by atoms with E-state index < -0.39 is 94.6 Å². The topological polar surface area (TPSA) is 243 Å². The van der Waals surface area contributed by atoms with Crippen molar-refractivity contribution in [1.29, 1.82) is 0 Å². The van der Waals surface area contributed by atoms with Crippen LogP contribution in [0, 0.1) is 10.8 Å². The third-order valence-electron chi connectivity index (χ3n) is 14.0. The number of amides is 4. The average Bonchev–Trinajstić information content (AvgIpc) is 2.65. The minimum Gasteiger partial charge on any atom is -1.00 e. The molecule has 2 saturated carbocycles. The van der Waals surface area contributed by atoms with Crippen LogP contribution < -0.4 is 44.9 Å². The SMILES string of the molecule is C.CC(C)(C)OC(=O)[C@@H]1C[C@]2(CC(Br)=NO2)CN1C(=O)[C@@H](NC(=O)OC1CCCC1)C(C)(C)C.CC(C)(C)OC(=O)[C@@H]1C[C@]2(CC(Oc3ccccc3)=NO2)CN1C(=O)[C@@H](NC(=O)OC1CCCC1)C(C)(C)C.CF.Oc1ccccc1.[2H]CF.[H-].[Na+]. The van der Waals surface area contributed by atoms with Gasteiger partial charge in [-0.3, -0.25) is 18.4 Å². The van der Waals surface area contributed by atoms with Crippen LogP contribution in [0.4, 0.5) is 18.4 Å². The summed E-state index contributed by atoms with van der Waals surface area (Å²) in [7, 11) is -0.500. The number of carbonyl (C=O) groups excluding carboxylic acids is 6. The van der Waals surface area contributed by atoms with Crippen LogP contribution in [0.3, 0.4) is 0 Å². The van der Waals surface area contributed by atoms with Gasteiger partial charge in [-0.15, -0.1) is 0 Å². The molecular formula is C61H94BrF2N6NaO14. The second kappa shape index (κ2) is 33.2. The number of rotatable bonds is 9. The van der Waals surface area contributed by atoms with Crippen molar-refractivity contribution in [3.8, 4) is 11.5 Å². The van der Waals surface area contributed by atoms with Crippen molar-refractivity contribution in [1.82, 2.24) is 20.4 Å². The van der Waals surface area contributed by atoms with Gasteiger partial charge in [0.1, 0.15) is 63.7 Å². The van der Waals surface area contributed by atoms with Gasteiger partial charge < -0.3 is 60.3 Å². The summed E-state index contributed by atoms with van der Waals surface area (Å²) in [6, 6.07) is 14.3. The Labute approximate surface area is 535 Å². The quantitative estimate of drug-likeness (QED) is 0.121. The molecule has 2 aliphatic carbocycles. The van der Waals surface area contributed by atoms with Crippen molar-refractivity contribution < 1.29 is 108 Å². The van der Waals surface area contributed by atoms with Gasteiger partial charge in [0.15, 0.2) is 11.2 Å². The van der Waals surface area contributed by atoms with Gasteiger partial charge in [-0.25, -0.2) is 19.2 Å². The Morgan fingerprint density at radius 3 is 1.35 bits per heavy atom. The zero-order valence-corrected chi connectivity index (χ0v) is 55.1. The molecule has 20 nitrogen and oxygen atoms in total.